The minimum Gasteiger partial charge on any atom is -0.342 e. The number of nitrogens with two attached hydrogens (primary N) is 1. The first kappa shape index (κ1) is 13.5. The van der Waals surface area contributed by atoms with E-state index in [1.807, 2.05) is 29.5 Å². The second-order valence-corrected chi connectivity index (χ2v) is 6.02. The molecule has 1 unspecified atom stereocenters. The van der Waals surface area contributed by atoms with Crippen molar-refractivity contribution in [1.82, 2.24) is 19.6 Å². The Kier molecular flexibility index (Phi) is 3.18. The van der Waals surface area contributed by atoms with E-state index in [4.69, 9.17) is 10.7 Å². The monoisotopic (exact) mass is 296 g/mol. The molecule has 0 bridgehead atoms. The zero-order valence-electron chi connectivity index (χ0n) is 12.7. The van der Waals surface area contributed by atoms with Crippen molar-refractivity contribution in [2.75, 3.05) is 18.0 Å². The van der Waals surface area contributed by atoms with E-state index in [1.165, 1.54) is 19.3 Å². The SMILES string of the molecule is CC(N)c1cccc2c1nc(N1CCCCC1)n1cnnc21. The molecule has 22 heavy (non-hydrogen) atoms. The molecule has 3 heterocycles. The molecule has 6 nitrogen and oxygen atoms in total. The summed E-state index contributed by atoms with van der Waals surface area (Å²) in [6, 6.07) is 6.04. The third-order valence-electron chi connectivity index (χ3n) is 4.41. The summed E-state index contributed by atoms with van der Waals surface area (Å²) >= 11 is 0. The van der Waals surface area contributed by atoms with Crippen molar-refractivity contribution >= 4 is 22.5 Å². The number of nitrogens with zero attached hydrogens (tertiary/aromatic N) is 5. The average Bonchev–Trinajstić information content (AvgIpc) is 3.04. The standard InChI is InChI=1S/C16H20N6/c1-11(17)12-6-5-7-13-14(12)19-16(21-8-3-2-4-9-21)22-10-18-20-15(13)22/h5-7,10-11H,2-4,8-9,17H2,1H3. The van der Waals surface area contributed by atoms with Crippen molar-refractivity contribution in [3.05, 3.63) is 30.1 Å². The Bertz CT molecular complexity index is 816. The quantitative estimate of drug-likeness (QED) is 0.785. The van der Waals surface area contributed by atoms with Crippen molar-refractivity contribution in [3.8, 4) is 0 Å². The molecule has 0 spiro atoms. The summed E-state index contributed by atoms with van der Waals surface area (Å²) in [7, 11) is 0. The van der Waals surface area contributed by atoms with Crippen LogP contribution in [0.15, 0.2) is 24.5 Å². The van der Waals surface area contributed by atoms with Gasteiger partial charge < -0.3 is 10.6 Å². The normalized spacial score (nSPS) is 17.3. The number of fused-ring (bicyclic) bond motifs is 3. The first-order valence-electron chi connectivity index (χ1n) is 7.88. The predicted molar refractivity (Wildman–Crippen MR) is 87.0 cm³/mol. The van der Waals surface area contributed by atoms with Crippen molar-refractivity contribution in [1.29, 1.82) is 0 Å². The van der Waals surface area contributed by atoms with E-state index in [9.17, 15) is 0 Å². The smallest absolute Gasteiger partial charge is 0.213 e. The number of anilines is 1. The lowest BCUT2D eigenvalue weighted by molar-refractivity contribution is 0.566. The maximum Gasteiger partial charge on any atom is 0.213 e. The number of hydrogen-bond acceptors (Lipinski definition) is 5. The average molecular weight is 296 g/mol. The van der Waals surface area contributed by atoms with Gasteiger partial charge in [-0.2, -0.15) is 0 Å². The van der Waals surface area contributed by atoms with Crippen LogP contribution in [0.1, 0.15) is 37.8 Å². The van der Waals surface area contributed by atoms with Gasteiger partial charge in [-0.1, -0.05) is 12.1 Å². The van der Waals surface area contributed by atoms with Gasteiger partial charge in [-0.05, 0) is 37.8 Å². The summed E-state index contributed by atoms with van der Waals surface area (Å²) in [5.74, 6) is 0.931. The first-order valence-corrected chi connectivity index (χ1v) is 7.88. The molecule has 1 aliphatic heterocycles. The molecule has 1 fully saturated rings. The van der Waals surface area contributed by atoms with Crippen LogP contribution in [-0.2, 0) is 0 Å². The van der Waals surface area contributed by atoms with E-state index < -0.39 is 0 Å². The molecule has 2 aromatic heterocycles. The Morgan fingerprint density at radius 2 is 2.00 bits per heavy atom. The van der Waals surface area contributed by atoms with Gasteiger partial charge in [0.1, 0.15) is 6.33 Å². The highest BCUT2D eigenvalue weighted by molar-refractivity contribution is 5.94. The lowest BCUT2D eigenvalue weighted by atomic mass is 10.1. The Morgan fingerprint density at radius 3 is 2.77 bits per heavy atom. The van der Waals surface area contributed by atoms with Crippen LogP contribution < -0.4 is 10.6 Å². The lowest BCUT2D eigenvalue weighted by Gasteiger charge is -2.28. The largest absolute Gasteiger partial charge is 0.342 e. The molecule has 0 amide bonds. The fourth-order valence-corrected chi connectivity index (χ4v) is 3.27. The van der Waals surface area contributed by atoms with Crippen molar-refractivity contribution in [3.63, 3.8) is 0 Å². The first-order chi connectivity index (χ1) is 10.8. The van der Waals surface area contributed by atoms with E-state index >= 15 is 0 Å². The van der Waals surface area contributed by atoms with Crippen LogP contribution in [0.4, 0.5) is 5.95 Å². The number of hydrogen-bond donors (Lipinski definition) is 1. The molecule has 3 aromatic rings. The molecule has 114 valence electrons. The Labute approximate surface area is 129 Å². The van der Waals surface area contributed by atoms with Gasteiger partial charge in [0.15, 0.2) is 5.65 Å². The third-order valence-corrected chi connectivity index (χ3v) is 4.41. The Morgan fingerprint density at radius 1 is 1.18 bits per heavy atom. The van der Waals surface area contributed by atoms with Gasteiger partial charge in [0.05, 0.1) is 5.52 Å². The highest BCUT2D eigenvalue weighted by atomic mass is 15.3. The minimum atomic E-state index is -0.0595. The molecule has 0 radical (unpaired) electrons. The van der Waals surface area contributed by atoms with Crippen LogP contribution in [0.5, 0.6) is 0 Å². The summed E-state index contributed by atoms with van der Waals surface area (Å²) in [6.45, 7) is 4.06. The van der Waals surface area contributed by atoms with Crippen molar-refractivity contribution in [2.24, 2.45) is 5.73 Å². The predicted octanol–water partition coefficient (Wildman–Crippen LogP) is 2.29. The van der Waals surface area contributed by atoms with E-state index in [0.717, 1.165) is 41.2 Å². The highest BCUT2D eigenvalue weighted by Gasteiger charge is 2.19. The maximum atomic E-state index is 6.13. The van der Waals surface area contributed by atoms with Crippen molar-refractivity contribution in [2.45, 2.75) is 32.2 Å². The summed E-state index contributed by atoms with van der Waals surface area (Å²) < 4.78 is 2.00. The van der Waals surface area contributed by atoms with Gasteiger partial charge in [0.25, 0.3) is 0 Å². The van der Waals surface area contributed by atoms with Gasteiger partial charge in [-0.3, -0.25) is 4.40 Å². The summed E-state index contributed by atoms with van der Waals surface area (Å²) in [4.78, 5) is 7.28. The topological polar surface area (TPSA) is 72.3 Å². The summed E-state index contributed by atoms with van der Waals surface area (Å²) in [5.41, 5.74) is 8.99. The van der Waals surface area contributed by atoms with Crippen LogP contribution in [-0.4, -0.2) is 32.7 Å². The van der Waals surface area contributed by atoms with Gasteiger partial charge in [0, 0.05) is 24.5 Å². The molecule has 4 rings (SSSR count). The molecule has 1 aromatic carbocycles. The number of piperidine rings is 1. The number of rotatable bonds is 2. The van der Waals surface area contributed by atoms with E-state index in [1.54, 1.807) is 6.33 Å². The van der Waals surface area contributed by atoms with Crippen LogP contribution in [0, 0.1) is 0 Å². The second kappa shape index (κ2) is 5.21. The summed E-state index contributed by atoms with van der Waals surface area (Å²) in [6.07, 6.45) is 5.46. The van der Waals surface area contributed by atoms with E-state index in [2.05, 4.69) is 15.1 Å². The fraction of sp³-hybridized carbons (Fsp3) is 0.438. The Hall–Kier alpha value is -2.21. The van der Waals surface area contributed by atoms with Gasteiger partial charge in [0.2, 0.25) is 5.95 Å². The van der Waals surface area contributed by atoms with Gasteiger partial charge in [-0.15, -0.1) is 10.2 Å². The molecule has 1 saturated heterocycles. The molecule has 2 N–H and O–H groups in total. The van der Waals surface area contributed by atoms with Crippen LogP contribution >= 0.6 is 0 Å². The van der Waals surface area contributed by atoms with Crippen LogP contribution in [0.25, 0.3) is 16.6 Å². The minimum absolute atomic E-state index is 0.0595. The van der Waals surface area contributed by atoms with Gasteiger partial charge >= 0.3 is 0 Å². The molecule has 0 aliphatic carbocycles. The molecule has 6 heteroatoms. The van der Waals surface area contributed by atoms with E-state index in [-0.39, 0.29) is 6.04 Å². The van der Waals surface area contributed by atoms with Gasteiger partial charge in [-0.25, -0.2) is 4.98 Å². The number of benzene rings is 1. The third kappa shape index (κ3) is 2.02. The molecule has 1 aliphatic rings. The molecular formula is C16H20N6. The molecular weight excluding hydrogens is 276 g/mol. The maximum absolute atomic E-state index is 6.13. The lowest BCUT2D eigenvalue weighted by Crippen LogP contribution is -2.32. The number of aromatic nitrogens is 4. The number of para-hydroxylation sites is 1. The van der Waals surface area contributed by atoms with Crippen molar-refractivity contribution < 1.29 is 0 Å². The Balaban J connectivity index is 2.01. The summed E-state index contributed by atoms with van der Waals surface area (Å²) in [5, 5.41) is 9.41. The molecule has 1 atom stereocenters. The zero-order chi connectivity index (χ0) is 15.1. The van der Waals surface area contributed by atoms with Crippen LogP contribution in [0.3, 0.4) is 0 Å². The fourth-order valence-electron chi connectivity index (χ4n) is 3.27. The van der Waals surface area contributed by atoms with Crippen LogP contribution in [0.2, 0.25) is 0 Å². The second-order valence-electron chi connectivity index (χ2n) is 6.02. The zero-order valence-corrected chi connectivity index (χ0v) is 12.7. The van der Waals surface area contributed by atoms with E-state index in [0.29, 0.717) is 0 Å². The molecule has 0 saturated carbocycles. The highest BCUT2D eigenvalue weighted by Crippen LogP contribution is 2.28.